The summed E-state index contributed by atoms with van der Waals surface area (Å²) in [4.78, 5) is 38.3. The Morgan fingerprint density at radius 2 is 1.58 bits per heavy atom. The summed E-state index contributed by atoms with van der Waals surface area (Å²) in [6.45, 7) is 6.63. The first kappa shape index (κ1) is 19.9. The maximum absolute atomic E-state index is 13.4. The molecule has 2 spiro atoms. The summed E-state index contributed by atoms with van der Waals surface area (Å²) in [5, 5.41) is 46.1. The summed E-state index contributed by atoms with van der Waals surface area (Å²) in [5.41, 5.74) is -9.40. The highest BCUT2D eigenvalue weighted by molar-refractivity contribution is 5.94. The van der Waals surface area contributed by atoms with Crippen LogP contribution in [0.4, 0.5) is 0 Å². The Labute approximate surface area is 176 Å². The van der Waals surface area contributed by atoms with Gasteiger partial charge in [-0.3, -0.25) is 4.79 Å². The Morgan fingerprint density at radius 1 is 0.935 bits per heavy atom. The molecule has 170 valence electrons. The highest BCUT2D eigenvalue weighted by Crippen LogP contribution is 2.84. The highest BCUT2D eigenvalue weighted by Gasteiger charge is 3.05. The largest absolute Gasteiger partial charge is 0.456 e. The van der Waals surface area contributed by atoms with Gasteiger partial charge in [0.1, 0.15) is 12.2 Å². The van der Waals surface area contributed by atoms with Crippen molar-refractivity contribution in [2.75, 3.05) is 0 Å². The Balaban J connectivity index is 1.75. The molecule has 11 nitrogen and oxygen atoms in total. The van der Waals surface area contributed by atoms with Crippen LogP contribution in [0.1, 0.15) is 27.7 Å². The molecule has 6 aliphatic rings. The van der Waals surface area contributed by atoms with E-state index < -0.39 is 94.0 Å². The zero-order chi connectivity index (χ0) is 22.7. The van der Waals surface area contributed by atoms with E-state index in [-0.39, 0.29) is 0 Å². The number of fused-ring (bicyclic) bond motifs is 1. The number of rotatable bonds is 0. The summed E-state index contributed by atoms with van der Waals surface area (Å²) in [5.74, 6) is -5.22. The van der Waals surface area contributed by atoms with Crippen molar-refractivity contribution in [2.24, 2.45) is 28.1 Å². The molecule has 0 bridgehead atoms. The zero-order valence-corrected chi connectivity index (χ0v) is 17.3. The number of carbonyl (C=O) groups is 3. The standard InChI is InChI=1S/C20H24O11/c1-5-12(24)28-11-8(22)18-10-6(21)7(16(2,3)4)17(18)9(23)13(25)30-15(17)31-20(18,14(26)29-10)19(5,11)27/h5-11,15,21-23,27H,1-4H3/t5-,6+,7+,8+,9+,10-,11-,15+,17-,18-,19+,20-/m1/s1. The van der Waals surface area contributed by atoms with Crippen molar-refractivity contribution in [1.29, 1.82) is 0 Å². The smallest absolute Gasteiger partial charge is 0.343 e. The number of aliphatic hydroxyl groups excluding tert-OH is 3. The Bertz CT molecular complexity index is 957. The Morgan fingerprint density at radius 3 is 2.19 bits per heavy atom. The van der Waals surface area contributed by atoms with Gasteiger partial charge in [0.25, 0.3) is 0 Å². The predicted octanol–water partition coefficient (Wildman–Crippen LogP) is -2.40. The fourth-order valence-corrected chi connectivity index (χ4v) is 8.27. The molecule has 0 aromatic carbocycles. The van der Waals surface area contributed by atoms with Crippen LogP contribution in [0.3, 0.4) is 0 Å². The molecule has 12 atom stereocenters. The first-order valence-electron chi connectivity index (χ1n) is 10.3. The number of aliphatic hydroxyl groups is 4. The topological polar surface area (TPSA) is 169 Å². The lowest BCUT2D eigenvalue weighted by atomic mass is 9.51. The molecular weight excluding hydrogens is 416 g/mol. The van der Waals surface area contributed by atoms with Crippen LogP contribution in [-0.2, 0) is 33.3 Å². The third-order valence-electron chi connectivity index (χ3n) is 8.95. The van der Waals surface area contributed by atoms with Gasteiger partial charge in [-0.15, -0.1) is 0 Å². The van der Waals surface area contributed by atoms with Crippen LogP contribution in [0, 0.1) is 28.1 Å². The van der Waals surface area contributed by atoms with Crippen molar-refractivity contribution in [2.45, 2.75) is 75.7 Å². The average Bonchev–Trinajstić information content (AvgIpc) is 3.35. The maximum atomic E-state index is 13.4. The van der Waals surface area contributed by atoms with Crippen LogP contribution < -0.4 is 0 Å². The van der Waals surface area contributed by atoms with Gasteiger partial charge in [-0.05, 0) is 12.3 Å². The second-order valence-electron chi connectivity index (χ2n) is 10.8. The molecule has 2 aliphatic carbocycles. The third kappa shape index (κ3) is 1.43. The van der Waals surface area contributed by atoms with Crippen molar-refractivity contribution in [3.8, 4) is 0 Å². The summed E-state index contributed by atoms with van der Waals surface area (Å²) in [6, 6.07) is 0. The van der Waals surface area contributed by atoms with Crippen LogP contribution in [-0.4, -0.2) is 86.3 Å². The molecular formula is C20H24O11. The zero-order valence-electron chi connectivity index (χ0n) is 17.3. The van der Waals surface area contributed by atoms with E-state index in [0.29, 0.717) is 0 Å². The van der Waals surface area contributed by atoms with Gasteiger partial charge in [0.15, 0.2) is 17.8 Å². The molecule has 0 unspecified atom stereocenters. The van der Waals surface area contributed by atoms with E-state index in [9.17, 15) is 34.8 Å². The number of esters is 3. The van der Waals surface area contributed by atoms with Crippen LogP contribution >= 0.6 is 0 Å². The fourth-order valence-electron chi connectivity index (χ4n) is 8.27. The lowest BCUT2D eigenvalue weighted by Gasteiger charge is -2.47. The average molecular weight is 440 g/mol. The molecule has 4 heterocycles. The minimum Gasteiger partial charge on any atom is -0.456 e. The van der Waals surface area contributed by atoms with E-state index in [1.165, 1.54) is 6.92 Å². The van der Waals surface area contributed by atoms with Gasteiger partial charge in [-0.1, -0.05) is 20.8 Å². The molecule has 0 aromatic rings. The Kier molecular flexibility index (Phi) is 3.15. The minimum absolute atomic E-state index is 0.792. The van der Waals surface area contributed by atoms with E-state index >= 15 is 0 Å². The first-order chi connectivity index (χ1) is 14.3. The van der Waals surface area contributed by atoms with Crippen molar-refractivity contribution in [1.82, 2.24) is 0 Å². The molecule has 11 heteroatoms. The molecule has 0 radical (unpaired) electrons. The van der Waals surface area contributed by atoms with E-state index in [1.807, 2.05) is 0 Å². The molecule has 4 aliphatic heterocycles. The summed E-state index contributed by atoms with van der Waals surface area (Å²) < 4.78 is 22.2. The Hall–Kier alpha value is -1.79. The van der Waals surface area contributed by atoms with Gasteiger partial charge in [-0.2, -0.15) is 0 Å². The predicted molar refractivity (Wildman–Crippen MR) is 93.4 cm³/mol. The number of hydrogen-bond donors (Lipinski definition) is 4. The molecule has 0 aromatic heterocycles. The third-order valence-corrected chi connectivity index (χ3v) is 8.95. The molecule has 31 heavy (non-hydrogen) atoms. The lowest BCUT2D eigenvalue weighted by molar-refractivity contribution is -0.240. The van der Waals surface area contributed by atoms with Crippen molar-refractivity contribution in [3.05, 3.63) is 0 Å². The van der Waals surface area contributed by atoms with Gasteiger partial charge in [-0.25, -0.2) is 9.59 Å². The van der Waals surface area contributed by atoms with Crippen molar-refractivity contribution < 1.29 is 53.8 Å². The minimum atomic E-state index is -2.40. The molecule has 2 saturated carbocycles. The van der Waals surface area contributed by atoms with Gasteiger partial charge < -0.3 is 39.4 Å². The van der Waals surface area contributed by atoms with Crippen molar-refractivity contribution >= 4 is 17.9 Å². The lowest BCUT2D eigenvalue weighted by Crippen LogP contribution is -2.67. The summed E-state index contributed by atoms with van der Waals surface area (Å²) in [6.07, 6.45) is -9.69. The monoisotopic (exact) mass is 440 g/mol. The van der Waals surface area contributed by atoms with Crippen LogP contribution in [0.5, 0.6) is 0 Å². The van der Waals surface area contributed by atoms with E-state index in [2.05, 4.69) is 0 Å². The molecule has 6 rings (SSSR count). The van der Waals surface area contributed by atoms with E-state index in [0.717, 1.165) is 0 Å². The number of hydrogen-bond acceptors (Lipinski definition) is 11. The summed E-state index contributed by atoms with van der Waals surface area (Å²) in [7, 11) is 0. The summed E-state index contributed by atoms with van der Waals surface area (Å²) >= 11 is 0. The molecule has 6 fully saturated rings. The number of ether oxygens (including phenoxy) is 4. The van der Waals surface area contributed by atoms with Gasteiger partial charge in [0.2, 0.25) is 11.9 Å². The van der Waals surface area contributed by atoms with Crippen LogP contribution in [0.15, 0.2) is 0 Å². The molecule has 4 N–H and O–H groups in total. The fraction of sp³-hybridized carbons (Fsp3) is 0.850. The van der Waals surface area contributed by atoms with Crippen LogP contribution in [0.2, 0.25) is 0 Å². The van der Waals surface area contributed by atoms with Gasteiger partial charge in [0, 0.05) is 5.92 Å². The highest BCUT2D eigenvalue weighted by atomic mass is 16.8. The normalized spacial score (nSPS) is 61.0. The molecule has 0 amide bonds. The number of carbonyl (C=O) groups excluding carboxylic acids is 3. The maximum Gasteiger partial charge on any atom is 0.343 e. The van der Waals surface area contributed by atoms with Gasteiger partial charge >= 0.3 is 17.9 Å². The second-order valence-corrected chi connectivity index (χ2v) is 10.8. The van der Waals surface area contributed by atoms with Gasteiger partial charge in [0.05, 0.1) is 22.9 Å². The quantitative estimate of drug-likeness (QED) is 0.234. The van der Waals surface area contributed by atoms with Crippen LogP contribution in [0.25, 0.3) is 0 Å². The van der Waals surface area contributed by atoms with Crippen molar-refractivity contribution in [3.63, 3.8) is 0 Å². The van der Waals surface area contributed by atoms with E-state index in [1.54, 1.807) is 20.8 Å². The SMILES string of the molecule is C[C@@H]1C(=O)O[C@@H]2[C@H](O)[C@]34[C@@H]5OC(=O)[C@]3(O[C@@H]3OC(=O)[C@H](O)[C@]34[C@H](C(C)(C)C)[C@@H]5O)[C@]12O. The molecule has 4 saturated heterocycles. The van der Waals surface area contributed by atoms with E-state index in [4.69, 9.17) is 18.9 Å². The second kappa shape index (κ2) is 4.91. The first-order valence-corrected chi connectivity index (χ1v) is 10.3.